The van der Waals surface area contributed by atoms with E-state index in [0.29, 0.717) is 15.3 Å². The fourth-order valence-electron chi connectivity index (χ4n) is 1.53. The van der Waals surface area contributed by atoms with Crippen molar-refractivity contribution in [3.8, 4) is 0 Å². The molecule has 6 heteroatoms. The minimum atomic E-state index is -0.117. The number of hydrogen-bond acceptors (Lipinski definition) is 4. The van der Waals surface area contributed by atoms with E-state index in [1.807, 2.05) is 29.6 Å². The smallest absolute Gasteiger partial charge is 0.266 e. The third-order valence-corrected chi connectivity index (χ3v) is 4.85. The summed E-state index contributed by atoms with van der Waals surface area (Å²) >= 11 is 6.41. The van der Waals surface area contributed by atoms with Crippen molar-refractivity contribution in [3.05, 3.63) is 45.2 Å². The van der Waals surface area contributed by atoms with Crippen LogP contribution in [0.1, 0.15) is 9.67 Å². The standard InChI is InChI=1S/C12H7BrN2OS2/c13-10-2-1-3-11(14-10)15-12(16)9-6-8-7(18-9)4-5-17-8/h1-6H,(H,14,15,16). The van der Waals surface area contributed by atoms with Crippen LogP contribution in [0.15, 0.2) is 40.3 Å². The summed E-state index contributed by atoms with van der Waals surface area (Å²) in [6.07, 6.45) is 0. The van der Waals surface area contributed by atoms with E-state index in [2.05, 4.69) is 26.2 Å². The predicted octanol–water partition coefficient (Wildman–Crippen LogP) is 4.37. The molecule has 90 valence electrons. The Morgan fingerprint density at radius 1 is 1.28 bits per heavy atom. The number of thiophene rings is 2. The highest BCUT2D eigenvalue weighted by Gasteiger charge is 2.11. The van der Waals surface area contributed by atoms with Crippen LogP contribution >= 0.6 is 38.6 Å². The first-order valence-electron chi connectivity index (χ1n) is 5.13. The summed E-state index contributed by atoms with van der Waals surface area (Å²) < 4.78 is 2.99. The number of halogens is 1. The third kappa shape index (κ3) is 2.31. The maximum atomic E-state index is 12.0. The number of carbonyl (C=O) groups is 1. The Kier molecular flexibility index (Phi) is 3.15. The van der Waals surface area contributed by atoms with Crippen LogP contribution in [-0.2, 0) is 0 Å². The van der Waals surface area contributed by atoms with Crippen LogP contribution in [0, 0.1) is 0 Å². The number of fused-ring (bicyclic) bond motifs is 1. The molecule has 0 radical (unpaired) electrons. The Bertz CT molecular complexity index is 691. The van der Waals surface area contributed by atoms with E-state index in [4.69, 9.17) is 0 Å². The Balaban J connectivity index is 1.85. The normalized spacial score (nSPS) is 10.7. The first kappa shape index (κ1) is 11.8. The van der Waals surface area contributed by atoms with Crippen LogP contribution in [0.25, 0.3) is 9.40 Å². The predicted molar refractivity (Wildman–Crippen MR) is 79.6 cm³/mol. The number of nitrogens with one attached hydrogen (secondary N) is 1. The summed E-state index contributed by atoms with van der Waals surface area (Å²) in [5, 5.41) is 4.81. The van der Waals surface area contributed by atoms with Crippen molar-refractivity contribution in [1.29, 1.82) is 0 Å². The molecule has 0 aliphatic heterocycles. The van der Waals surface area contributed by atoms with Crippen LogP contribution in [0.3, 0.4) is 0 Å². The van der Waals surface area contributed by atoms with Gasteiger partial charge in [-0.25, -0.2) is 4.98 Å². The van der Waals surface area contributed by atoms with Crippen LogP contribution in [0.4, 0.5) is 5.82 Å². The fourth-order valence-corrected chi connectivity index (χ4v) is 3.88. The minimum absolute atomic E-state index is 0.117. The number of pyridine rings is 1. The van der Waals surface area contributed by atoms with Gasteiger partial charge in [0.1, 0.15) is 10.4 Å². The van der Waals surface area contributed by atoms with Crippen LogP contribution in [0.2, 0.25) is 0 Å². The molecule has 0 saturated carbocycles. The van der Waals surface area contributed by atoms with Crippen LogP contribution < -0.4 is 5.32 Å². The second kappa shape index (κ2) is 4.79. The van der Waals surface area contributed by atoms with Gasteiger partial charge in [0.2, 0.25) is 0 Å². The van der Waals surface area contributed by atoms with E-state index in [1.54, 1.807) is 17.4 Å². The van der Waals surface area contributed by atoms with E-state index < -0.39 is 0 Å². The molecule has 18 heavy (non-hydrogen) atoms. The molecule has 3 aromatic rings. The molecule has 0 bridgehead atoms. The molecule has 3 rings (SSSR count). The second-order valence-corrected chi connectivity index (χ2v) is 6.40. The lowest BCUT2D eigenvalue weighted by Gasteiger charge is -2.02. The van der Waals surface area contributed by atoms with E-state index in [-0.39, 0.29) is 5.91 Å². The average Bonchev–Trinajstić information content (AvgIpc) is 2.88. The van der Waals surface area contributed by atoms with Gasteiger partial charge in [0.25, 0.3) is 5.91 Å². The number of rotatable bonds is 2. The molecule has 1 N–H and O–H groups in total. The van der Waals surface area contributed by atoms with E-state index >= 15 is 0 Å². The molecule has 0 aromatic carbocycles. The zero-order valence-corrected chi connectivity index (χ0v) is 12.2. The summed E-state index contributed by atoms with van der Waals surface area (Å²) in [6, 6.07) is 9.35. The molecule has 3 aromatic heterocycles. The number of nitrogens with zero attached hydrogens (tertiary/aromatic N) is 1. The highest BCUT2D eigenvalue weighted by atomic mass is 79.9. The number of carbonyl (C=O) groups excluding carboxylic acids is 1. The molecule has 3 heterocycles. The van der Waals surface area contributed by atoms with E-state index in [1.165, 1.54) is 11.3 Å². The molecule has 0 atom stereocenters. The largest absolute Gasteiger partial charge is 0.306 e. The van der Waals surface area contributed by atoms with Crippen molar-refractivity contribution >= 4 is 59.7 Å². The van der Waals surface area contributed by atoms with Gasteiger partial charge in [-0.2, -0.15) is 0 Å². The van der Waals surface area contributed by atoms with E-state index in [0.717, 1.165) is 9.40 Å². The van der Waals surface area contributed by atoms with Crippen molar-refractivity contribution in [2.75, 3.05) is 5.32 Å². The number of anilines is 1. The number of hydrogen-bond donors (Lipinski definition) is 1. The van der Waals surface area contributed by atoms with Gasteiger partial charge in [-0.15, -0.1) is 22.7 Å². The van der Waals surface area contributed by atoms with Gasteiger partial charge in [0.15, 0.2) is 0 Å². The molecule has 0 fully saturated rings. The molecule has 0 aliphatic carbocycles. The van der Waals surface area contributed by atoms with Gasteiger partial charge in [-0.05, 0) is 45.6 Å². The van der Waals surface area contributed by atoms with Crippen molar-refractivity contribution in [2.24, 2.45) is 0 Å². The summed E-state index contributed by atoms with van der Waals surface area (Å²) in [7, 11) is 0. The van der Waals surface area contributed by atoms with Crippen molar-refractivity contribution in [3.63, 3.8) is 0 Å². The molecule has 0 saturated heterocycles. The Morgan fingerprint density at radius 2 is 2.17 bits per heavy atom. The summed E-state index contributed by atoms with van der Waals surface area (Å²) in [6.45, 7) is 0. The second-order valence-electron chi connectivity index (χ2n) is 3.56. The average molecular weight is 339 g/mol. The van der Waals surface area contributed by atoms with Crippen LogP contribution in [-0.4, -0.2) is 10.9 Å². The van der Waals surface area contributed by atoms with Gasteiger partial charge < -0.3 is 5.32 Å². The van der Waals surface area contributed by atoms with Gasteiger partial charge in [0, 0.05) is 9.40 Å². The van der Waals surface area contributed by atoms with E-state index in [9.17, 15) is 4.79 Å². The Morgan fingerprint density at radius 3 is 2.94 bits per heavy atom. The number of aromatic nitrogens is 1. The van der Waals surface area contributed by atoms with Crippen molar-refractivity contribution in [1.82, 2.24) is 4.98 Å². The maximum Gasteiger partial charge on any atom is 0.266 e. The fraction of sp³-hybridized carbons (Fsp3) is 0. The minimum Gasteiger partial charge on any atom is -0.306 e. The summed E-state index contributed by atoms with van der Waals surface area (Å²) in [5.41, 5.74) is 0. The summed E-state index contributed by atoms with van der Waals surface area (Å²) in [5.74, 6) is 0.431. The highest BCUT2D eigenvalue weighted by molar-refractivity contribution is 9.10. The highest BCUT2D eigenvalue weighted by Crippen LogP contribution is 2.30. The van der Waals surface area contributed by atoms with Gasteiger partial charge in [0.05, 0.1) is 4.88 Å². The van der Waals surface area contributed by atoms with Crippen molar-refractivity contribution in [2.45, 2.75) is 0 Å². The molecule has 1 amide bonds. The van der Waals surface area contributed by atoms with Gasteiger partial charge >= 0.3 is 0 Å². The van der Waals surface area contributed by atoms with Gasteiger partial charge in [-0.1, -0.05) is 6.07 Å². The third-order valence-electron chi connectivity index (χ3n) is 2.32. The zero-order chi connectivity index (χ0) is 12.5. The lowest BCUT2D eigenvalue weighted by atomic mass is 10.4. The Hall–Kier alpha value is -1.24. The first-order chi connectivity index (χ1) is 8.72. The summed E-state index contributed by atoms with van der Waals surface area (Å²) in [4.78, 5) is 16.9. The molecule has 0 spiro atoms. The molecular weight excluding hydrogens is 332 g/mol. The van der Waals surface area contributed by atoms with Gasteiger partial charge in [-0.3, -0.25) is 4.79 Å². The Labute approximate surface area is 120 Å². The van der Waals surface area contributed by atoms with Crippen molar-refractivity contribution < 1.29 is 4.79 Å². The quantitative estimate of drug-likeness (QED) is 0.705. The first-order valence-corrected chi connectivity index (χ1v) is 7.62. The maximum absolute atomic E-state index is 12.0. The SMILES string of the molecule is O=C(Nc1cccc(Br)n1)c1cc2sccc2s1. The molecular formula is C12H7BrN2OS2. The molecule has 3 nitrogen and oxygen atoms in total. The number of amides is 1. The molecule has 0 unspecified atom stereocenters. The topological polar surface area (TPSA) is 42.0 Å². The zero-order valence-electron chi connectivity index (χ0n) is 9.01. The molecule has 0 aliphatic rings. The lowest BCUT2D eigenvalue weighted by molar-refractivity contribution is 0.103. The monoisotopic (exact) mass is 338 g/mol. The van der Waals surface area contributed by atoms with Crippen LogP contribution in [0.5, 0.6) is 0 Å². The lowest BCUT2D eigenvalue weighted by Crippen LogP contribution is -2.11.